The normalized spacial score (nSPS) is 10.4. The van der Waals surface area contributed by atoms with E-state index in [1.807, 2.05) is 13.8 Å². The first-order chi connectivity index (χ1) is 13.6. The van der Waals surface area contributed by atoms with Crippen LogP contribution in [-0.4, -0.2) is 38.4 Å². The Morgan fingerprint density at radius 3 is 2.29 bits per heavy atom. The monoisotopic (exact) mass is 385 g/mol. The molecule has 0 radical (unpaired) electrons. The minimum absolute atomic E-state index is 0.465. The molecule has 0 aliphatic heterocycles. The van der Waals surface area contributed by atoms with E-state index < -0.39 is 11.8 Å². The summed E-state index contributed by atoms with van der Waals surface area (Å²) >= 11 is 0. The number of hydrogen-bond donors (Lipinski definition) is 2. The maximum Gasteiger partial charge on any atom is 0.329 e. The van der Waals surface area contributed by atoms with Gasteiger partial charge >= 0.3 is 11.8 Å². The number of benzene rings is 2. The predicted molar refractivity (Wildman–Crippen MR) is 106 cm³/mol. The largest absolute Gasteiger partial charge is 0.497 e. The predicted octanol–water partition coefficient (Wildman–Crippen LogP) is 2.58. The van der Waals surface area contributed by atoms with Crippen LogP contribution in [0.1, 0.15) is 19.4 Å². The molecule has 0 aliphatic rings. The van der Waals surface area contributed by atoms with Crippen LogP contribution in [0.2, 0.25) is 0 Å². The molecule has 0 fully saturated rings. The van der Waals surface area contributed by atoms with Gasteiger partial charge < -0.3 is 19.5 Å². The van der Waals surface area contributed by atoms with Gasteiger partial charge in [0.15, 0.2) is 0 Å². The minimum Gasteiger partial charge on any atom is -0.497 e. The summed E-state index contributed by atoms with van der Waals surface area (Å²) in [6.45, 7) is 4.76. The van der Waals surface area contributed by atoms with E-state index in [0.29, 0.717) is 41.7 Å². The van der Waals surface area contributed by atoms with Crippen LogP contribution in [0, 0.1) is 0 Å². The van der Waals surface area contributed by atoms with Gasteiger partial charge in [0.25, 0.3) is 0 Å². The highest BCUT2D eigenvalue weighted by atomic mass is 16.5. The van der Waals surface area contributed by atoms with Crippen LogP contribution < -0.4 is 25.0 Å². The molecule has 0 saturated heterocycles. The van der Waals surface area contributed by atoms with E-state index in [4.69, 9.17) is 14.2 Å². The summed E-state index contributed by atoms with van der Waals surface area (Å²) in [7, 11) is 1.54. The van der Waals surface area contributed by atoms with Gasteiger partial charge in [-0.1, -0.05) is 0 Å². The Hall–Kier alpha value is -3.55. The van der Waals surface area contributed by atoms with E-state index in [1.54, 1.807) is 49.6 Å². The van der Waals surface area contributed by atoms with Crippen LogP contribution in [0.3, 0.4) is 0 Å². The van der Waals surface area contributed by atoms with Gasteiger partial charge in [0.1, 0.15) is 17.2 Å². The number of nitrogens with zero attached hydrogens (tertiary/aromatic N) is 1. The van der Waals surface area contributed by atoms with Crippen molar-refractivity contribution in [2.24, 2.45) is 5.10 Å². The molecule has 2 N–H and O–H groups in total. The number of carbonyl (C=O) groups excluding carboxylic acids is 2. The van der Waals surface area contributed by atoms with E-state index in [9.17, 15) is 9.59 Å². The van der Waals surface area contributed by atoms with Gasteiger partial charge in [0.2, 0.25) is 0 Å². The van der Waals surface area contributed by atoms with Crippen molar-refractivity contribution in [3.63, 3.8) is 0 Å². The quantitative estimate of drug-likeness (QED) is 0.413. The fourth-order valence-electron chi connectivity index (χ4n) is 2.23. The topological polar surface area (TPSA) is 98.2 Å². The Balaban J connectivity index is 1.96. The molecule has 0 aromatic heterocycles. The van der Waals surface area contributed by atoms with Gasteiger partial charge in [0.05, 0.1) is 26.5 Å². The maximum absolute atomic E-state index is 11.9. The van der Waals surface area contributed by atoms with Gasteiger partial charge in [-0.2, -0.15) is 5.10 Å². The third-order valence-corrected chi connectivity index (χ3v) is 3.52. The molecule has 2 amide bonds. The molecule has 148 valence electrons. The minimum atomic E-state index is -0.893. The number of carbonyl (C=O) groups is 2. The molecular weight excluding hydrogens is 362 g/mol. The van der Waals surface area contributed by atoms with E-state index in [2.05, 4.69) is 15.8 Å². The van der Waals surface area contributed by atoms with Crippen molar-refractivity contribution >= 4 is 23.7 Å². The number of ether oxygens (including phenoxy) is 3. The zero-order valence-corrected chi connectivity index (χ0v) is 16.0. The molecule has 8 heteroatoms. The van der Waals surface area contributed by atoms with Crippen molar-refractivity contribution in [1.29, 1.82) is 0 Å². The highest BCUT2D eigenvalue weighted by Crippen LogP contribution is 2.24. The van der Waals surface area contributed by atoms with Crippen molar-refractivity contribution in [2.45, 2.75) is 13.8 Å². The third kappa shape index (κ3) is 6.01. The van der Waals surface area contributed by atoms with Crippen molar-refractivity contribution in [2.75, 3.05) is 25.6 Å². The van der Waals surface area contributed by atoms with Gasteiger partial charge in [-0.25, -0.2) is 5.43 Å². The lowest BCUT2D eigenvalue weighted by Gasteiger charge is -2.10. The fourth-order valence-corrected chi connectivity index (χ4v) is 2.23. The van der Waals surface area contributed by atoms with Gasteiger partial charge in [-0.05, 0) is 50.2 Å². The molecule has 2 rings (SSSR count). The molecule has 0 saturated carbocycles. The second-order valence-corrected chi connectivity index (χ2v) is 5.45. The first kappa shape index (κ1) is 20.8. The van der Waals surface area contributed by atoms with Crippen molar-refractivity contribution in [3.05, 3.63) is 48.0 Å². The smallest absolute Gasteiger partial charge is 0.329 e. The zero-order chi connectivity index (χ0) is 20.4. The van der Waals surface area contributed by atoms with Crippen LogP contribution in [0.15, 0.2) is 47.6 Å². The first-order valence-corrected chi connectivity index (χ1v) is 8.75. The number of amides is 2. The highest BCUT2D eigenvalue weighted by molar-refractivity contribution is 6.39. The number of hydrogen-bond acceptors (Lipinski definition) is 6. The Kier molecular flexibility index (Phi) is 7.83. The van der Waals surface area contributed by atoms with Crippen molar-refractivity contribution in [1.82, 2.24) is 5.43 Å². The van der Waals surface area contributed by atoms with Crippen molar-refractivity contribution < 1.29 is 23.8 Å². The van der Waals surface area contributed by atoms with E-state index in [1.165, 1.54) is 6.21 Å². The molecule has 2 aromatic rings. The number of hydrazone groups is 1. The zero-order valence-electron chi connectivity index (χ0n) is 16.0. The molecule has 0 atom stereocenters. The van der Waals surface area contributed by atoms with Gasteiger partial charge in [-0.3, -0.25) is 9.59 Å². The number of methoxy groups -OCH3 is 1. The summed E-state index contributed by atoms with van der Waals surface area (Å²) in [5, 5.41) is 6.30. The number of rotatable bonds is 8. The van der Waals surface area contributed by atoms with Crippen LogP contribution in [0.4, 0.5) is 5.69 Å². The fraction of sp³-hybridized carbons (Fsp3) is 0.250. The lowest BCUT2D eigenvalue weighted by atomic mass is 10.2. The third-order valence-electron chi connectivity index (χ3n) is 3.52. The average molecular weight is 385 g/mol. The summed E-state index contributed by atoms with van der Waals surface area (Å²) in [6, 6.07) is 11.9. The van der Waals surface area contributed by atoms with Crippen LogP contribution in [0.5, 0.6) is 17.2 Å². The molecular formula is C20H23N3O5. The Bertz CT molecular complexity index is 834. The molecule has 0 spiro atoms. The van der Waals surface area contributed by atoms with Crippen LogP contribution in [0.25, 0.3) is 0 Å². The SMILES string of the molecule is CCOc1ccc(/C=N\NC(=O)C(=O)Nc2ccc(OC)cc2)c(OCC)c1. The Labute approximate surface area is 163 Å². The lowest BCUT2D eigenvalue weighted by molar-refractivity contribution is -0.136. The molecule has 0 heterocycles. The van der Waals surface area contributed by atoms with E-state index in [-0.39, 0.29) is 0 Å². The summed E-state index contributed by atoms with van der Waals surface area (Å²) in [6.07, 6.45) is 1.40. The van der Waals surface area contributed by atoms with E-state index >= 15 is 0 Å². The van der Waals surface area contributed by atoms with Crippen molar-refractivity contribution in [3.8, 4) is 17.2 Å². The second-order valence-electron chi connectivity index (χ2n) is 5.45. The molecule has 2 aromatic carbocycles. The first-order valence-electron chi connectivity index (χ1n) is 8.75. The number of anilines is 1. The van der Waals surface area contributed by atoms with Crippen LogP contribution in [-0.2, 0) is 9.59 Å². The second kappa shape index (κ2) is 10.6. The molecule has 28 heavy (non-hydrogen) atoms. The maximum atomic E-state index is 11.9. The molecule has 0 unspecified atom stereocenters. The van der Waals surface area contributed by atoms with E-state index in [0.717, 1.165) is 0 Å². The summed E-state index contributed by atoms with van der Waals surface area (Å²) in [5.74, 6) is 0.155. The molecule has 0 bridgehead atoms. The van der Waals surface area contributed by atoms with Crippen LogP contribution >= 0.6 is 0 Å². The summed E-state index contributed by atoms with van der Waals surface area (Å²) in [5.41, 5.74) is 3.30. The standard InChI is InChI=1S/C20H23N3O5/c1-4-27-17-9-6-14(18(12-17)28-5-2)13-21-23-20(25)19(24)22-15-7-10-16(26-3)11-8-15/h6-13H,4-5H2,1-3H3,(H,22,24)(H,23,25)/b21-13-. The Morgan fingerprint density at radius 1 is 0.964 bits per heavy atom. The molecule has 8 nitrogen and oxygen atoms in total. The summed E-state index contributed by atoms with van der Waals surface area (Å²) < 4.78 is 16.0. The molecule has 0 aliphatic carbocycles. The van der Waals surface area contributed by atoms with Gasteiger partial charge in [-0.15, -0.1) is 0 Å². The average Bonchev–Trinajstić information content (AvgIpc) is 2.70. The Morgan fingerprint density at radius 2 is 1.64 bits per heavy atom. The summed E-state index contributed by atoms with van der Waals surface area (Å²) in [4.78, 5) is 23.8. The lowest BCUT2D eigenvalue weighted by Crippen LogP contribution is -2.32. The highest BCUT2D eigenvalue weighted by Gasteiger charge is 2.13. The van der Waals surface area contributed by atoms with Gasteiger partial charge in [0, 0.05) is 17.3 Å². The number of nitrogens with one attached hydrogen (secondary N) is 2.